The van der Waals surface area contributed by atoms with Crippen LogP contribution in [-0.4, -0.2) is 25.3 Å². The minimum atomic E-state index is -0.387. The highest BCUT2D eigenvalue weighted by atomic mass is 32.1. The van der Waals surface area contributed by atoms with Gasteiger partial charge in [0.05, 0.1) is 19.8 Å². The molecule has 0 amide bonds. The second-order valence-corrected chi connectivity index (χ2v) is 5.24. The van der Waals surface area contributed by atoms with Gasteiger partial charge in [-0.1, -0.05) is 6.07 Å². The average molecular weight is 330 g/mol. The zero-order chi connectivity index (χ0) is 16.8. The number of rotatable bonds is 4. The van der Waals surface area contributed by atoms with Crippen molar-refractivity contribution in [1.82, 2.24) is 0 Å². The fraction of sp³-hybridized carbons (Fsp3) is 0.176. The molecule has 2 N–H and O–H groups in total. The first-order valence-corrected chi connectivity index (χ1v) is 7.35. The van der Waals surface area contributed by atoms with Crippen molar-refractivity contribution < 1.29 is 14.3 Å². The molecule has 2 aromatic carbocycles. The number of benzene rings is 2. The lowest BCUT2D eigenvalue weighted by molar-refractivity contribution is 0.0601. The first kappa shape index (κ1) is 16.8. The second kappa shape index (κ2) is 7.60. The van der Waals surface area contributed by atoms with E-state index < -0.39 is 0 Å². The molecule has 2 rings (SSSR count). The lowest BCUT2D eigenvalue weighted by atomic mass is 10.1. The fourth-order valence-electron chi connectivity index (χ4n) is 1.96. The van der Waals surface area contributed by atoms with Crippen molar-refractivity contribution in [2.24, 2.45) is 0 Å². The minimum Gasteiger partial charge on any atom is -0.497 e. The Morgan fingerprint density at radius 1 is 1.04 bits per heavy atom. The Labute approximate surface area is 140 Å². The number of methoxy groups -OCH3 is 2. The van der Waals surface area contributed by atoms with E-state index in [1.807, 2.05) is 37.3 Å². The van der Waals surface area contributed by atoms with Gasteiger partial charge in [-0.2, -0.15) is 0 Å². The van der Waals surface area contributed by atoms with Crippen molar-refractivity contribution in [3.05, 3.63) is 53.6 Å². The van der Waals surface area contributed by atoms with Crippen LogP contribution in [0, 0.1) is 6.92 Å². The summed E-state index contributed by atoms with van der Waals surface area (Å²) in [5, 5.41) is 6.60. The van der Waals surface area contributed by atoms with Crippen LogP contribution in [0.2, 0.25) is 0 Å². The molecule has 0 aliphatic carbocycles. The molecule has 0 radical (unpaired) electrons. The molecule has 0 saturated carbocycles. The summed E-state index contributed by atoms with van der Waals surface area (Å²) >= 11 is 5.31. The van der Waals surface area contributed by atoms with Crippen LogP contribution in [-0.2, 0) is 4.74 Å². The van der Waals surface area contributed by atoms with Gasteiger partial charge >= 0.3 is 5.97 Å². The van der Waals surface area contributed by atoms with E-state index in [0.29, 0.717) is 10.7 Å². The highest BCUT2D eigenvalue weighted by molar-refractivity contribution is 7.80. The van der Waals surface area contributed by atoms with Crippen molar-refractivity contribution in [2.75, 3.05) is 24.9 Å². The Hall–Kier alpha value is -2.60. The summed E-state index contributed by atoms with van der Waals surface area (Å²) in [5.74, 6) is 0.387. The molecular weight excluding hydrogens is 312 g/mol. The average Bonchev–Trinajstić information content (AvgIpc) is 2.56. The summed E-state index contributed by atoms with van der Waals surface area (Å²) in [6.45, 7) is 1.93. The van der Waals surface area contributed by atoms with E-state index in [-0.39, 0.29) is 5.97 Å². The van der Waals surface area contributed by atoms with Crippen LogP contribution < -0.4 is 15.4 Å². The normalized spacial score (nSPS) is 9.87. The van der Waals surface area contributed by atoms with Crippen LogP contribution in [0.5, 0.6) is 5.75 Å². The van der Waals surface area contributed by atoms with Crippen LogP contribution >= 0.6 is 12.2 Å². The summed E-state index contributed by atoms with van der Waals surface area (Å²) in [6, 6.07) is 12.7. The van der Waals surface area contributed by atoms with Crippen molar-refractivity contribution in [1.29, 1.82) is 0 Å². The number of ether oxygens (including phenoxy) is 2. The zero-order valence-electron chi connectivity index (χ0n) is 13.2. The van der Waals surface area contributed by atoms with Crippen LogP contribution in [0.4, 0.5) is 11.4 Å². The molecule has 23 heavy (non-hydrogen) atoms. The Morgan fingerprint density at radius 3 is 2.35 bits per heavy atom. The Bertz CT molecular complexity index is 714. The molecule has 0 aliphatic heterocycles. The Kier molecular flexibility index (Phi) is 5.54. The van der Waals surface area contributed by atoms with Gasteiger partial charge in [0.1, 0.15) is 5.75 Å². The first-order valence-electron chi connectivity index (χ1n) is 6.94. The van der Waals surface area contributed by atoms with Crippen molar-refractivity contribution in [2.45, 2.75) is 6.92 Å². The molecule has 0 unspecified atom stereocenters. The SMILES string of the molecule is COC(=O)c1ccc(C)c(NC(=S)Nc2ccc(OC)cc2)c1. The fourth-order valence-corrected chi connectivity index (χ4v) is 2.19. The molecule has 6 heteroatoms. The van der Waals surface area contributed by atoms with Gasteiger partial charge in [-0.25, -0.2) is 4.79 Å². The van der Waals surface area contributed by atoms with E-state index in [1.165, 1.54) is 7.11 Å². The number of nitrogens with one attached hydrogen (secondary N) is 2. The number of hydrogen-bond acceptors (Lipinski definition) is 4. The molecule has 0 spiro atoms. The first-order chi connectivity index (χ1) is 11.0. The van der Waals surface area contributed by atoms with E-state index in [9.17, 15) is 4.79 Å². The van der Waals surface area contributed by atoms with Gasteiger partial charge in [0.15, 0.2) is 5.11 Å². The molecule has 0 aromatic heterocycles. The Balaban J connectivity index is 2.08. The number of carbonyl (C=O) groups excluding carboxylic acids is 1. The van der Waals surface area contributed by atoms with Gasteiger partial charge < -0.3 is 20.1 Å². The van der Waals surface area contributed by atoms with Gasteiger partial charge in [-0.05, 0) is 61.1 Å². The van der Waals surface area contributed by atoms with Gasteiger partial charge in [-0.15, -0.1) is 0 Å². The zero-order valence-corrected chi connectivity index (χ0v) is 14.0. The predicted octanol–water partition coefficient (Wildman–Crippen LogP) is 3.60. The van der Waals surface area contributed by atoms with Crippen molar-refractivity contribution in [3.8, 4) is 5.75 Å². The Morgan fingerprint density at radius 2 is 1.74 bits per heavy atom. The monoisotopic (exact) mass is 330 g/mol. The standard InChI is InChI=1S/C17H18N2O3S/c1-11-4-5-12(16(20)22-3)10-15(11)19-17(23)18-13-6-8-14(21-2)9-7-13/h4-10H,1-3H3,(H2,18,19,23). The molecule has 0 atom stereocenters. The third kappa shape index (κ3) is 4.43. The molecule has 0 bridgehead atoms. The summed E-state index contributed by atoms with van der Waals surface area (Å²) in [5.41, 5.74) is 3.02. The van der Waals surface area contributed by atoms with E-state index in [0.717, 1.165) is 22.7 Å². The molecule has 2 aromatic rings. The van der Waals surface area contributed by atoms with Gasteiger partial charge in [0, 0.05) is 11.4 Å². The molecule has 5 nitrogen and oxygen atoms in total. The summed E-state index contributed by atoms with van der Waals surface area (Å²) in [6.07, 6.45) is 0. The number of esters is 1. The number of aryl methyl sites for hydroxylation is 1. The summed E-state index contributed by atoms with van der Waals surface area (Å²) in [4.78, 5) is 11.6. The maximum Gasteiger partial charge on any atom is 0.337 e. The smallest absolute Gasteiger partial charge is 0.337 e. The van der Waals surface area contributed by atoms with E-state index >= 15 is 0 Å². The van der Waals surface area contributed by atoms with Gasteiger partial charge in [-0.3, -0.25) is 0 Å². The molecule has 0 fully saturated rings. The predicted molar refractivity (Wildman–Crippen MR) is 95.4 cm³/mol. The van der Waals surface area contributed by atoms with Gasteiger partial charge in [0.2, 0.25) is 0 Å². The number of hydrogen-bond donors (Lipinski definition) is 2. The lowest BCUT2D eigenvalue weighted by Crippen LogP contribution is -2.20. The number of thiocarbonyl (C=S) groups is 1. The molecular formula is C17H18N2O3S. The third-order valence-corrected chi connectivity index (χ3v) is 3.46. The molecule has 0 aliphatic rings. The highest BCUT2D eigenvalue weighted by Crippen LogP contribution is 2.19. The maximum absolute atomic E-state index is 11.6. The summed E-state index contributed by atoms with van der Waals surface area (Å²) < 4.78 is 9.84. The second-order valence-electron chi connectivity index (χ2n) is 4.83. The molecule has 0 heterocycles. The van der Waals surface area contributed by atoms with E-state index in [2.05, 4.69) is 10.6 Å². The van der Waals surface area contributed by atoms with E-state index in [4.69, 9.17) is 21.7 Å². The number of carbonyl (C=O) groups is 1. The van der Waals surface area contributed by atoms with Gasteiger partial charge in [0.25, 0.3) is 0 Å². The van der Waals surface area contributed by atoms with Crippen LogP contribution in [0.1, 0.15) is 15.9 Å². The topological polar surface area (TPSA) is 59.6 Å². The lowest BCUT2D eigenvalue weighted by Gasteiger charge is -2.13. The van der Waals surface area contributed by atoms with Crippen LogP contribution in [0.3, 0.4) is 0 Å². The minimum absolute atomic E-state index is 0.387. The van der Waals surface area contributed by atoms with E-state index in [1.54, 1.807) is 19.2 Å². The largest absolute Gasteiger partial charge is 0.497 e. The van der Waals surface area contributed by atoms with Crippen molar-refractivity contribution >= 4 is 34.7 Å². The number of anilines is 2. The van der Waals surface area contributed by atoms with Crippen LogP contribution in [0.25, 0.3) is 0 Å². The maximum atomic E-state index is 11.6. The third-order valence-electron chi connectivity index (χ3n) is 3.25. The van der Waals surface area contributed by atoms with Crippen LogP contribution in [0.15, 0.2) is 42.5 Å². The quantitative estimate of drug-likeness (QED) is 0.660. The van der Waals surface area contributed by atoms with Crippen molar-refractivity contribution in [3.63, 3.8) is 0 Å². The highest BCUT2D eigenvalue weighted by Gasteiger charge is 2.09. The molecule has 0 saturated heterocycles. The molecule has 120 valence electrons. The summed E-state index contributed by atoms with van der Waals surface area (Å²) in [7, 11) is 2.97.